The van der Waals surface area contributed by atoms with E-state index in [2.05, 4.69) is 10.3 Å². The Kier molecular flexibility index (Phi) is 5.69. The number of alkyl halides is 3. The van der Waals surface area contributed by atoms with Crippen molar-refractivity contribution < 1.29 is 27.4 Å². The lowest BCUT2D eigenvalue weighted by atomic mass is 10.0. The molecule has 0 spiro atoms. The predicted molar refractivity (Wildman–Crippen MR) is 97.9 cm³/mol. The Labute approximate surface area is 163 Å². The summed E-state index contributed by atoms with van der Waals surface area (Å²) in [7, 11) is 2.78. The van der Waals surface area contributed by atoms with Gasteiger partial charge in [-0.2, -0.15) is 13.2 Å². The first-order valence-electron chi connectivity index (χ1n) is 8.47. The first-order valence-corrected chi connectivity index (χ1v) is 8.85. The number of pyridine rings is 1. The van der Waals surface area contributed by atoms with Gasteiger partial charge in [0.05, 0.1) is 23.3 Å². The second kappa shape index (κ2) is 7.73. The molecule has 1 aromatic carbocycles. The van der Waals surface area contributed by atoms with Crippen LogP contribution in [0.25, 0.3) is 10.9 Å². The molecule has 0 atom stereocenters. The molecule has 6 nitrogen and oxygen atoms in total. The average molecular weight is 419 g/mol. The van der Waals surface area contributed by atoms with Gasteiger partial charge in [0.1, 0.15) is 5.56 Å². The number of ketones is 1. The molecule has 1 aromatic heterocycles. The van der Waals surface area contributed by atoms with Crippen LogP contribution < -0.4 is 10.9 Å². The molecule has 0 aliphatic heterocycles. The maximum absolute atomic E-state index is 13.5. The highest BCUT2D eigenvalue weighted by atomic mass is 35.5. The Bertz CT molecular complexity index is 966. The normalized spacial score (nSPS) is 14.7. The number of halogens is 4. The third-order valence-electron chi connectivity index (χ3n) is 4.56. The van der Waals surface area contributed by atoms with Crippen molar-refractivity contribution in [2.75, 3.05) is 26.1 Å². The van der Waals surface area contributed by atoms with Crippen molar-refractivity contribution in [2.24, 2.45) is 5.92 Å². The van der Waals surface area contributed by atoms with Crippen molar-refractivity contribution in [3.8, 4) is 0 Å². The van der Waals surface area contributed by atoms with E-state index in [1.807, 2.05) is 0 Å². The lowest BCUT2D eigenvalue weighted by Gasteiger charge is -2.19. The van der Waals surface area contributed by atoms with E-state index in [-0.39, 0.29) is 34.1 Å². The van der Waals surface area contributed by atoms with Crippen LogP contribution in [0, 0.1) is 5.92 Å². The zero-order valence-electron chi connectivity index (χ0n) is 15.1. The summed E-state index contributed by atoms with van der Waals surface area (Å²) in [5.74, 6) is -0.716. The van der Waals surface area contributed by atoms with Gasteiger partial charge in [0, 0.05) is 30.5 Å². The van der Waals surface area contributed by atoms with Crippen LogP contribution in [0.5, 0.6) is 0 Å². The van der Waals surface area contributed by atoms with Crippen LogP contribution >= 0.6 is 11.6 Å². The highest BCUT2D eigenvalue weighted by Crippen LogP contribution is 2.40. The Morgan fingerprint density at radius 2 is 1.96 bits per heavy atom. The van der Waals surface area contributed by atoms with Crippen LogP contribution in [-0.4, -0.2) is 37.8 Å². The number of aromatic nitrogens is 1. The second-order valence-electron chi connectivity index (χ2n) is 6.50. The third kappa shape index (κ3) is 4.01. The summed E-state index contributed by atoms with van der Waals surface area (Å²) >= 11 is 5.91. The van der Waals surface area contributed by atoms with Crippen LogP contribution in [0.4, 0.5) is 18.9 Å². The van der Waals surface area contributed by atoms with E-state index in [9.17, 15) is 22.8 Å². The molecule has 0 radical (unpaired) electrons. The highest BCUT2D eigenvalue weighted by Gasteiger charge is 2.37. The molecule has 1 aliphatic rings. The molecular weight excluding hydrogens is 401 g/mol. The maximum Gasteiger partial charge on any atom is 0.418 e. The lowest BCUT2D eigenvalue weighted by molar-refractivity contribution is -0.136. The fourth-order valence-electron chi connectivity index (χ4n) is 3.00. The van der Waals surface area contributed by atoms with Crippen molar-refractivity contribution in [3.63, 3.8) is 0 Å². The number of methoxy groups -OCH3 is 2. The van der Waals surface area contributed by atoms with E-state index in [1.165, 1.54) is 20.3 Å². The molecule has 2 aromatic rings. The van der Waals surface area contributed by atoms with Gasteiger partial charge in [-0.25, -0.2) is 0 Å². The molecule has 0 saturated heterocycles. The van der Waals surface area contributed by atoms with Gasteiger partial charge in [-0.3, -0.25) is 9.59 Å². The quantitative estimate of drug-likeness (QED) is 0.527. The number of ether oxygens (including phenoxy) is 2. The number of nitrogens with one attached hydrogen (secondary N) is 2. The number of rotatable bonds is 7. The van der Waals surface area contributed by atoms with Crippen molar-refractivity contribution in [2.45, 2.75) is 25.3 Å². The summed E-state index contributed by atoms with van der Waals surface area (Å²) in [5.41, 5.74) is -2.64. The van der Waals surface area contributed by atoms with Crippen molar-refractivity contribution in [1.29, 1.82) is 0 Å². The Morgan fingerprint density at radius 1 is 1.32 bits per heavy atom. The second-order valence-corrected chi connectivity index (χ2v) is 6.93. The molecule has 1 saturated carbocycles. The van der Waals surface area contributed by atoms with E-state index in [0.29, 0.717) is 12.8 Å². The van der Waals surface area contributed by atoms with E-state index in [4.69, 9.17) is 21.1 Å². The molecule has 10 heteroatoms. The molecule has 2 N–H and O–H groups in total. The van der Waals surface area contributed by atoms with Crippen LogP contribution in [0.1, 0.15) is 28.8 Å². The Balaban J connectivity index is 2.26. The van der Waals surface area contributed by atoms with Crippen LogP contribution in [-0.2, 0) is 15.7 Å². The first-order chi connectivity index (χ1) is 13.2. The van der Waals surface area contributed by atoms with Crippen LogP contribution in [0.15, 0.2) is 16.9 Å². The lowest BCUT2D eigenvalue weighted by Crippen LogP contribution is -2.28. The first kappa shape index (κ1) is 20.6. The number of carbonyl (C=O) groups excluding carboxylic acids is 1. The van der Waals surface area contributed by atoms with Crippen LogP contribution in [0.3, 0.4) is 0 Å². The number of H-pyrrole nitrogens is 1. The summed E-state index contributed by atoms with van der Waals surface area (Å²) in [6.07, 6.45) is -4.21. The summed E-state index contributed by atoms with van der Waals surface area (Å²) < 4.78 is 50.5. The monoisotopic (exact) mass is 418 g/mol. The summed E-state index contributed by atoms with van der Waals surface area (Å²) in [5, 5.41) is 2.67. The van der Waals surface area contributed by atoms with E-state index < -0.39 is 34.9 Å². The number of carbonyl (C=O) groups is 1. The smallest absolute Gasteiger partial charge is 0.379 e. The standard InChI is InChI=1S/C18H18ClF3N2O4/c1-27-12(28-2)7-23-15-10-5-9(19)6-11(18(20,21)22)14(10)24-17(26)13(15)16(25)8-3-4-8/h5-6,8,12H,3-4,7H2,1-2H3,(H2,23,24,26). The molecule has 3 rings (SSSR count). The maximum atomic E-state index is 13.5. The average Bonchev–Trinajstić information content (AvgIpc) is 3.46. The third-order valence-corrected chi connectivity index (χ3v) is 4.78. The number of fused-ring (bicyclic) bond motifs is 1. The van der Waals surface area contributed by atoms with Gasteiger partial charge in [-0.05, 0) is 25.0 Å². The number of aromatic amines is 1. The van der Waals surface area contributed by atoms with E-state index >= 15 is 0 Å². The van der Waals surface area contributed by atoms with Crippen molar-refractivity contribution in [3.05, 3.63) is 38.6 Å². The summed E-state index contributed by atoms with van der Waals surface area (Å²) in [6, 6.07) is 2.02. The highest BCUT2D eigenvalue weighted by molar-refractivity contribution is 6.31. The fourth-order valence-corrected chi connectivity index (χ4v) is 3.22. The number of Topliss-reactive ketones (excluding diaryl/α,β-unsaturated/α-hetero) is 1. The Morgan fingerprint density at radius 3 is 2.50 bits per heavy atom. The molecular formula is C18H18ClF3N2O4. The number of benzene rings is 1. The number of anilines is 1. The number of hydrogen-bond donors (Lipinski definition) is 2. The topological polar surface area (TPSA) is 80.4 Å². The van der Waals surface area contributed by atoms with Crippen molar-refractivity contribution in [1.82, 2.24) is 4.98 Å². The van der Waals surface area contributed by atoms with Crippen molar-refractivity contribution >= 4 is 34.0 Å². The van der Waals surface area contributed by atoms with Gasteiger partial charge in [-0.1, -0.05) is 11.6 Å². The van der Waals surface area contributed by atoms with E-state index in [1.54, 1.807) is 0 Å². The number of hydrogen-bond acceptors (Lipinski definition) is 5. The van der Waals surface area contributed by atoms with E-state index in [0.717, 1.165) is 6.07 Å². The summed E-state index contributed by atoms with van der Waals surface area (Å²) in [6.45, 7) is 0.00433. The minimum atomic E-state index is -4.74. The molecule has 0 amide bonds. The van der Waals surface area contributed by atoms with Crippen LogP contribution in [0.2, 0.25) is 5.02 Å². The zero-order valence-corrected chi connectivity index (χ0v) is 15.8. The molecule has 1 heterocycles. The molecule has 0 bridgehead atoms. The SMILES string of the molecule is COC(CNc1c(C(=O)C2CC2)c(=O)[nH]c2c(C(F)(F)F)cc(Cl)cc12)OC. The zero-order chi connectivity index (χ0) is 20.6. The fraction of sp³-hybridized carbons (Fsp3) is 0.444. The molecule has 28 heavy (non-hydrogen) atoms. The molecule has 1 aliphatic carbocycles. The van der Waals surface area contributed by atoms with Gasteiger partial charge in [0.2, 0.25) is 0 Å². The largest absolute Gasteiger partial charge is 0.418 e. The van der Waals surface area contributed by atoms with Gasteiger partial charge in [-0.15, -0.1) is 0 Å². The predicted octanol–water partition coefficient (Wildman–Crippen LogP) is 3.82. The van der Waals surface area contributed by atoms with Gasteiger partial charge in [0.25, 0.3) is 5.56 Å². The minimum absolute atomic E-state index is 0.00433. The summed E-state index contributed by atoms with van der Waals surface area (Å²) in [4.78, 5) is 27.5. The van der Waals surface area contributed by atoms with Gasteiger partial charge < -0.3 is 19.8 Å². The Hall–Kier alpha value is -2.10. The molecule has 1 fully saturated rings. The molecule has 152 valence electrons. The molecule has 0 unspecified atom stereocenters. The van der Waals surface area contributed by atoms with Gasteiger partial charge >= 0.3 is 6.18 Å². The van der Waals surface area contributed by atoms with Gasteiger partial charge in [0.15, 0.2) is 12.1 Å². The minimum Gasteiger partial charge on any atom is -0.379 e.